The molecule has 0 radical (unpaired) electrons. The van der Waals surface area contributed by atoms with E-state index in [1.165, 1.54) is 18.1 Å². The molecule has 6 heteroatoms. The number of hydrogen-bond acceptors (Lipinski definition) is 4. The second-order valence-corrected chi connectivity index (χ2v) is 4.63. The molecule has 1 aromatic carbocycles. The van der Waals surface area contributed by atoms with Gasteiger partial charge in [0.15, 0.2) is 0 Å². The van der Waals surface area contributed by atoms with Crippen LogP contribution in [0.15, 0.2) is 18.2 Å². The molecule has 98 valence electrons. The number of carbonyl (C=O) groups is 1. The van der Waals surface area contributed by atoms with E-state index >= 15 is 0 Å². The van der Waals surface area contributed by atoms with E-state index in [2.05, 4.69) is 0 Å². The number of aliphatic hydroxyl groups is 2. The Kier molecular flexibility index (Phi) is 3.75. The number of carbonyl (C=O) groups excluding carboxylic acids is 1. The van der Waals surface area contributed by atoms with E-state index in [4.69, 9.17) is 16.3 Å². The lowest BCUT2D eigenvalue weighted by Gasteiger charge is -2.17. The van der Waals surface area contributed by atoms with Crippen molar-refractivity contribution in [2.45, 2.75) is 12.2 Å². The SMILES string of the molecule is COc1ccc(Cl)cc1C(=O)N1CC(O)C(O)C1. The van der Waals surface area contributed by atoms with Crippen molar-refractivity contribution in [3.63, 3.8) is 0 Å². The maximum absolute atomic E-state index is 12.2. The number of methoxy groups -OCH3 is 1. The van der Waals surface area contributed by atoms with E-state index in [-0.39, 0.29) is 19.0 Å². The normalized spacial score (nSPS) is 23.2. The van der Waals surface area contributed by atoms with Crippen LogP contribution in [0.4, 0.5) is 0 Å². The van der Waals surface area contributed by atoms with Gasteiger partial charge in [-0.1, -0.05) is 11.6 Å². The molecule has 1 aliphatic heterocycles. The molecular formula is C12H14ClNO4. The Hall–Kier alpha value is -1.30. The summed E-state index contributed by atoms with van der Waals surface area (Å²) in [5.41, 5.74) is 0.325. The van der Waals surface area contributed by atoms with Crippen LogP contribution in [0.5, 0.6) is 5.75 Å². The number of benzene rings is 1. The van der Waals surface area contributed by atoms with Crippen molar-refractivity contribution in [1.29, 1.82) is 0 Å². The van der Waals surface area contributed by atoms with E-state index in [0.29, 0.717) is 16.3 Å². The second kappa shape index (κ2) is 5.14. The molecule has 0 saturated carbocycles. The van der Waals surface area contributed by atoms with Crippen LogP contribution in [0.25, 0.3) is 0 Å². The molecule has 1 aliphatic rings. The smallest absolute Gasteiger partial charge is 0.257 e. The number of hydrogen-bond donors (Lipinski definition) is 2. The highest BCUT2D eigenvalue weighted by Crippen LogP contribution is 2.25. The third-order valence-corrected chi connectivity index (χ3v) is 3.17. The van der Waals surface area contributed by atoms with Crippen LogP contribution in [0.2, 0.25) is 5.02 Å². The van der Waals surface area contributed by atoms with Crippen molar-refractivity contribution in [1.82, 2.24) is 4.90 Å². The second-order valence-electron chi connectivity index (χ2n) is 4.19. The third-order valence-electron chi connectivity index (χ3n) is 2.94. The largest absolute Gasteiger partial charge is 0.496 e. The van der Waals surface area contributed by atoms with Crippen molar-refractivity contribution >= 4 is 17.5 Å². The predicted octanol–water partition coefficient (Wildman–Crippen LogP) is 0.526. The fourth-order valence-corrected chi connectivity index (χ4v) is 2.13. The zero-order valence-electron chi connectivity index (χ0n) is 9.84. The van der Waals surface area contributed by atoms with Crippen LogP contribution < -0.4 is 4.74 Å². The molecule has 18 heavy (non-hydrogen) atoms. The highest BCUT2D eigenvalue weighted by Gasteiger charge is 2.33. The van der Waals surface area contributed by atoms with Gasteiger partial charge in [-0.2, -0.15) is 0 Å². The van der Waals surface area contributed by atoms with Gasteiger partial charge in [-0.3, -0.25) is 4.79 Å². The number of β-amino-alcohol motifs (C(OH)–C–C–N with tert-alkyl or cyclic N) is 2. The first-order chi connectivity index (χ1) is 8.52. The number of aliphatic hydroxyl groups excluding tert-OH is 2. The minimum absolute atomic E-state index is 0.107. The zero-order chi connectivity index (χ0) is 13.3. The van der Waals surface area contributed by atoms with E-state index < -0.39 is 12.2 Å². The van der Waals surface area contributed by atoms with Gasteiger partial charge in [0.2, 0.25) is 0 Å². The number of amides is 1. The molecule has 0 bridgehead atoms. The summed E-state index contributed by atoms with van der Waals surface area (Å²) < 4.78 is 5.10. The quantitative estimate of drug-likeness (QED) is 0.823. The molecule has 0 spiro atoms. The summed E-state index contributed by atoms with van der Waals surface area (Å²) in [6.45, 7) is 0.214. The molecule has 1 aromatic rings. The van der Waals surface area contributed by atoms with Gasteiger partial charge in [0, 0.05) is 18.1 Å². The average Bonchev–Trinajstić information content (AvgIpc) is 2.68. The van der Waals surface area contributed by atoms with Crippen molar-refractivity contribution in [3.05, 3.63) is 28.8 Å². The lowest BCUT2D eigenvalue weighted by Crippen LogP contribution is -2.30. The zero-order valence-corrected chi connectivity index (χ0v) is 10.6. The Labute approximate surface area is 110 Å². The summed E-state index contributed by atoms with van der Waals surface area (Å²) in [6, 6.07) is 4.75. The van der Waals surface area contributed by atoms with Crippen LogP contribution >= 0.6 is 11.6 Å². The van der Waals surface area contributed by atoms with Gasteiger partial charge < -0.3 is 19.8 Å². The molecule has 2 N–H and O–H groups in total. The van der Waals surface area contributed by atoms with E-state index in [9.17, 15) is 15.0 Å². The van der Waals surface area contributed by atoms with Crippen molar-refractivity contribution in [2.75, 3.05) is 20.2 Å². The number of likely N-dealkylation sites (tertiary alicyclic amines) is 1. The number of rotatable bonds is 2. The summed E-state index contributed by atoms with van der Waals surface area (Å²) in [5, 5.41) is 19.3. The minimum atomic E-state index is -0.904. The summed E-state index contributed by atoms with van der Waals surface area (Å²) >= 11 is 5.86. The molecule has 1 fully saturated rings. The molecule has 5 nitrogen and oxygen atoms in total. The molecule has 0 aliphatic carbocycles. The van der Waals surface area contributed by atoms with Gasteiger partial charge in [-0.25, -0.2) is 0 Å². The summed E-state index contributed by atoms with van der Waals surface area (Å²) in [5.74, 6) is 0.102. The fraction of sp³-hybridized carbons (Fsp3) is 0.417. The van der Waals surface area contributed by atoms with Gasteiger partial charge in [0.05, 0.1) is 24.9 Å². The Morgan fingerprint density at radius 3 is 2.56 bits per heavy atom. The third kappa shape index (κ3) is 2.43. The number of halogens is 1. The van der Waals surface area contributed by atoms with Gasteiger partial charge in [0.25, 0.3) is 5.91 Å². The first kappa shape index (κ1) is 13.1. The van der Waals surface area contributed by atoms with Crippen LogP contribution in [0, 0.1) is 0 Å². The summed E-state index contributed by atoms with van der Waals surface area (Å²) in [6.07, 6.45) is -1.81. The molecule has 2 unspecified atom stereocenters. The minimum Gasteiger partial charge on any atom is -0.496 e. The average molecular weight is 272 g/mol. The topological polar surface area (TPSA) is 70.0 Å². The number of nitrogens with zero attached hydrogens (tertiary/aromatic N) is 1. The fourth-order valence-electron chi connectivity index (χ4n) is 1.95. The Morgan fingerprint density at radius 2 is 2.00 bits per heavy atom. The van der Waals surface area contributed by atoms with Gasteiger partial charge in [-0.05, 0) is 18.2 Å². The molecule has 2 rings (SSSR count). The van der Waals surface area contributed by atoms with Gasteiger partial charge in [0.1, 0.15) is 5.75 Å². The van der Waals surface area contributed by atoms with Crippen molar-refractivity contribution < 1.29 is 19.7 Å². The molecular weight excluding hydrogens is 258 g/mol. The molecule has 1 heterocycles. The van der Waals surface area contributed by atoms with Crippen molar-refractivity contribution in [2.24, 2.45) is 0 Å². The summed E-state index contributed by atoms with van der Waals surface area (Å²) in [7, 11) is 1.47. The maximum Gasteiger partial charge on any atom is 0.257 e. The molecule has 1 amide bonds. The highest BCUT2D eigenvalue weighted by atomic mass is 35.5. The first-order valence-electron chi connectivity index (χ1n) is 5.52. The van der Waals surface area contributed by atoms with E-state index in [0.717, 1.165) is 0 Å². The first-order valence-corrected chi connectivity index (χ1v) is 5.89. The highest BCUT2D eigenvalue weighted by molar-refractivity contribution is 6.31. The van der Waals surface area contributed by atoms with Crippen LogP contribution in [-0.2, 0) is 0 Å². The predicted molar refractivity (Wildman–Crippen MR) is 65.9 cm³/mol. The molecule has 0 aromatic heterocycles. The monoisotopic (exact) mass is 271 g/mol. The lowest BCUT2D eigenvalue weighted by atomic mass is 10.1. The van der Waals surface area contributed by atoms with Crippen LogP contribution in [0.1, 0.15) is 10.4 Å². The van der Waals surface area contributed by atoms with Crippen molar-refractivity contribution in [3.8, 4) is 5.75 Å². The van der Waals surface area contributed by atoms with Gasteiger partial charge in [-0.15, -0.1) is 0 Å². The summed E-state index contributed by atoms with van der Waals surface area (Å²) in [4.78, 5) is 13.6. The Morgan fingerprint density at radius 1 is 1.39 bits per heavy atom. The van der Waals surface area contributed by atoms with E-state index in [1.54, 1.807) is 12.1 Å². The lowest BCUT2D eigenvalue weighted by molar-refractivity contribution is 0.0572. The Balaban J connectivity index is 2.26. The van der Waals surface area contributed by atoms with E-state index in [1.807, 2.05) is 0 Å². The maximum atomic E-state index is 12.2. The molecule has 2 atom stereocenters. The van der Waals surface area contributed by atoms with Crippen LogP contribution in [0.3, 0.4) is 0 Å². The molecule has 1 saturated heterocycles. The number of ether oxygens (including phenoxy) is 1. The van der Waals surface area contributed by atoms with Gasteiger partial charge >= 0.3 is 0 Å². The van der Waals surface area contributed by atoms with Crippen LogP contribution in [-0.4, -0.2) is 53.4 Å². The standard InChI is InChI=1S/C12H14ClNO4/c1-18-11-3-2-7(13)4-8(11)12(17)14-5-9(15)10(16)6-14/h2-4,9-10,15-16H,5-6H2,1H3. The Bertz CT molecular complexity index is 455.